The molecular formula is C37H31NO5. The van der Waals surface area contributed by atoms with E-state index in [0.29, 0.717) is 43.9 Å². The van der Waals surface area contributed by atoms with Gasteiger partial charge in [0.2, 0.25) is 0 Å². The number of hydrogen-bond acceptors (Lipinski definition) is 5. The minimum Gasteiger partial charge on any atom is -0.493 e. The summed E-state index contributed by atoms with van der Waals surface area (Å²) >= 11 is 0. The third-order valence-corrected chi connectivity index (χ3v) is 7.36. The molecule has 1 amide bonds. The summed E-state index contributed by atoms with van der Waals surface area (Å²) in [5.41, 5.74) is 2.58. The van der Waals surface area contributed by atoms with E-state index >= 15 is 0 Å². The van der Waals surface area contributed by atoms with Gasteiger partial charge < -0.3 is 14.2 Å². The summed E-state index contributed by atoms with van der Waals surface area (Å²) in [6, 6.07) is 36.5. The van der Waals surface area contributed by atoms with Crippen LogP contribution in [0.25, 0.3) is 32.7 Å². The average Bonchev–Trinajstić information content (AvgIpc) is 3.04. The first-order valence-corrected chi connectivity index (χ1v) is 14.5. The van der Waals surface area contributed by atoms with Crippen molar-refractivity contribution >= 4 is 33.6 Å². The zero-order valence-electron chi connectivity index (χ0n) is 23.8. The van der Waals surface area contributed by atoms with Crippen LogP contribution < -0.4 is 9.47 Å². The maximum absolute atomic E-state index is 13.1. The molecule has 0 fully saturated rings. The smallest absolute Gasteiger partial charge is 0.421 e. The largest absolute Gasteiger partial charge is 0.493 e. The van der Waals surface area contributed by atoms with Crippen LogP contribution in [0.3, 0.4) is 0 Å². The van der Waals surface area contributed by atoms with Crippen molar-refractivity contribution < 1.29 is 23.8 Å². The van der Waals surface area contributed by atoms with Crippen molar-refractivity contribution in [1.29, 1.82) is 0 Å². The molecule has 1 aliphatic rings. The van der Waals surface area contributed by atoms with Crippen molar-refractivity contribution in [2.75, 3.05) is 13.2 Å². The Morgan fingerprint density at radius 3 is 2.16 bits per heavy atom. The summed E-state index contributed by atoms with van der Waals surface area (Å²) in [6.07, 6.45) is 1.16. The number of carbonyl (C=O) groups excluding carboxylic acids is 2. The van der Waals surface area contributed by atoms with Gasteiger partial charge in [0.1, 0.15) is 18.1 Å². The Hall–Kier alpha value is -5.28. The Bertz CT molecular complexity index is 1840. The molecule has 6 rings (SSSR count). The first-order valence-electron chi connectivity index (χ1n) is 14.5. The SMILES string of the molecule is O=C1CCCC#CN(C(=O)OCc2ccccc2)CCCOc2ccc3ccccc3c2-c2c(ccc3ccccc23)O1. The Labute approximate surface area is 250 Å². The van der Waals surface area contributed by atoms with E-state index in [2.05, 4.69) is 24.1 Å². The second kappa shape index (κ2) is 13.1. The van der Waals surface area contributed by atoms with Crippen molar-refractivity contribution in [2.45, 2.75) is 32.3 Å². The molecule has 0 spiro atoms. The molecule has 1 heterocycles. The van der Waals surface area contributed by atoms with Gasteiger partial charge in [0.05, 0.1) is 6.61 Å². The number of nitrogens with zero attached hydrogens (tertiary/aromatic N) is 1. The molecular weight excluding hydrogens is 538 g/mol. The van der Waals surface area contributed by atoms with Gasteiger partial charge in [0.25, 0.3) is 0 Å². The normalized spacial score (nSPS) is 14.0. The standard InChI is InChI=1S/C37H31NO5/c39-34-18-5-2-10-23-38(37(40)42-26-27-12-3-1-4-13-27)24-11-25-41-32-21-19-28-14-6-8-16-30(28)35(32)36-31-17-9-7-15-29(31)20-22-33(36)43-34/h1,3-4,6-9,12-17,19-22H,2,5,11,18,24-26H2. The lowest BCUT2D eigenvalue weighted by Gasteiger charge is -2.20. The molecule has 5 aromatic rings. The van der Waals surface area contributed by atoms with E-state index in [9.17, 15) is 9.59 Å². The molecule has 0 aliphatic carbocycles. The van der Waals surface area contributed by atoms with Crippen LogP contribution in [0.15, 0.2) is 103 Å². The van der Waals surface area contributed by atoms with Crippen LogP contribution in [0.4, 0.5) is 4.79 Å². The van der Waals surface area contributed by atoms with Crippen molar-refractivity contribution in [3.05, 3.63) is 109 Å². The predicted molar refractivity (Wildman–Crippen MR) is 168 cm³/mol. The quantitative estimate of drug-likeness (QED) is 0.122. The molecule has 0 unspecified atom stereocenters. The number of benzene rings is 5. The highest BCUT2D eigenvalue weighted by atomic mass is 16.6. The highest BCUT2D eigenvalue weighted by molar-refractivity contribution is 6.10. The van der Waals surface area contributed by atoms with E-state index in [4.69, 9.17) is 14.2 Å². The number of esters is 1. The molecule has 0 atom stereocenters. The second-order valence-electron chi connectivity index (χ2n) is 10.3. The van der Waals surface area contributed by atoms with Gasteiger partial charge in [-0.05, 0) is 45.7 Å². The topological polar surface area (TPSA) is 65.1 Å². The summed E-state index contributed by atoms with van der Waals surface area (Å²) in [7, 11) is 0. The van der Waals surface area contributed by atoms with E-state index in [-0.39, 0.29) is 19.0 Å². The molecule has 43 heavy (non-hydrogen) atoms. The third kappa shape index (κ3) is 6.47. The summed E-state index contributed by atoms with van der Waals surface area (Å²) in [5, 5.41) is 4.04. The van der Waals surface area contributed by atoms with E-state index < -0.39 is 6.09 Å². The predicted octanol–water partition coefficient (Wildman–Crippen LogP) is 8.12. The van der Waals surface area contributed by atoms with Gasteiger partial charge in [-0.1, -0.05) is 96.9 Å². The lowest BCUT2D eigenvalue weighted by Crippen LogP contribution is -2.29. The minimum atomic E-state index is -0.510. The van der Waals surface area contributed by atoms with Crippen LogP contribution in [-0.2, 0) is 16.1 Å². The molecule has 0 N–H and O–H groups in total. The number of amides is 1. The average molecular weight is 570 g/mol. The highest BCUT2D eigenvalue weighted by Gasteiger charge is 2.21. The van der Waals surface area contributed by atoms with Gasteiger partial charge in [0.15, 0.2) is 0 Å². The number of fused-ring (bicyclic) bond motifs is 7. The fraction of sp³-hybridized carbons (Fsp3) is 0.189. The molecule has 5 aromatic carbocycles. The lowest BCUT2D eigenvalue weighted by atomic mass is 9.92. The van der Waals surface area contributed by atoms with E-state index in [1.54, 1.807) is 0 Å². The van der Waals surface area contributed by atoms with Gasteiger partial charge in [-0.15, -0.1) is 0 Å². The molecule has 0 radical (unpaired) electrons. The first-order chi connectivity index (χ1) is 21.2. The van der Waals surface area contributed by atoms with Gasteiger partial charge >= 0.3 is 12.1 Å². The van der Waals surface area contributed by atoms with Crippen molar-refractivity contribution in [3.8, 4) is 34.6 Å². The minimum absolute atomic E-state index is 0.161. The molecule has 0 saturated heterocycles. The van der Waals surface area contributed by atoms with E-state index in [1.165, 1.54) is 4.90 Å². The Kier molecular flexibility index (Phi) is 8.51. The van der Waals surface area contributed by atoms with Crippen molar-refractivity contribution in [3.63, 3.8) is 0 Å². The first kappa shape index (κ1) is 27.9. The van der Waals surface area contributed by atoms with Crippen LogP contribution in [0.5, 0.6) is 11.5 Å². The van der Waals surface area contributed by atoms with Crippen molar-refractivity contribution in [2.24, 2.45) is 0 Å². The Morgan fingerprint density at radius 2 is 1.42 bits per heavy atom. The zero-order chi connectivity index (χ0) is 29.4. The van der Waals surface area contributed by atoms with Crippen molar-refractivity contribution in [1.82, 2.24) is 4.90 Å². The van der Waals surface area contributed by atoms with Crippen LogP contribution in [0.2, 0.25) is 0 Å². The summed E-state index contributed by atoms with van der Waals surface area (Å²) in [6.45, 7) is 0.842. The lowest BCUT2D eigenvalue weighted by molar-refractivity contribution is -0.134. The number of hydrogen-bond donors (Lipinski definition) is 0. The van der Waals surface area contributed by atoms with Gasteiger partial charge in [-0.3, -0.25) is 4.79 Å². The molecule has 0 bridgehead atoms. The van der Waals surface area contributed by atoms with Crippen LogP contribution >= 0.6 is 0 Å². The fourth-order valence-electron chi connectivity index (χ4n) is 5.27. The molecule has 1 aliphatic heterocycles. The summed E-state index contributed by atoms with van der Waals surface area (Å²) < 4.78 is 18.0. The monoisotopic (exact) mass is 569 g/mol. The van der Waals surface area contributed by atoms with E-state index in [1.807, 2.05) is 91.0 Å². The maximum atomic E-state index is 13.1. The number of carbonyl (C=O) groups is 2. The molecule has 214 valence electrons. The van der Waals surface area contributed by atoms with E-state index in [0.717, 1.165) is 38.2 Å². The third-order valence-electron chi connectivity index (χ3n) is 7.36. The summed E-state index contributed by atoms with van der Waals surface area (Å²) in [5.74, 6) is 3.85. The van der Waals surface area contributed by atoms with Gasteiger partial charge in [0, 0.05) is 43.0 Å². The molecule has 0 aromatic heterocycles. The molecule has 6 nitrogen and oxygen atoms in total. The molecule has 6 heteroatoms. The number of ether oxygens (including phenoxy) is 3. The summed E-state index contributed by atoms with van der Waals surface area (Å²) in [4.78, 5) is 27.4. The fourth-order valence-corrected chi connectivity index (χ4v) is 5.27. The van der Waals surface area contributed by atoms with Gasteiger partial charge in [-0.25, -0.2) is 9.69 Å². The second-order valence-corrected chi connectivity index (χ2v) is 10.3. The Morgan fingerprint density at radius 1 is 0.767 bits per heavy atom. The Balaban J connectivity index is 1.35. The van der Waals surface area contributed by atoms with Crippen LogP contribution in [0.1, 0.15) is 31.2 Å². The molecule has 0 saturated carbocycles. The highest BCUT2D eigenvalue weighted by Crippen LogP contribution is 2.45. The van der Waals surface area contributed by atoms with Gasteiger partial charge in [-0.2, -0.15) is 0 Å². The van der Waals surface area contributed by atoms with Crippen LogP contribution in [-0.4, -0.2) is 30.1 Å². The van der Waals surface area contributed by atoms with Crippen LogP contribution in [0, 0.1) is 12.0 Å². The maximum Gasteiger partial charge on any atom is 0.421 e. The zero-order valence-corrected chi connectivity index (χ0v) is 23.8. The number of rotatable bonds is 2.